The molecule has 0 unspecified atom stereocenters. The van der Waals surface area contributed by atoms with Gasteiger partial charge in [0, 0.05) is 17.3 Å². The summed E-state index contributed by atoms with van der Waals surface area (Å²) in [5.74, 6) is -0.749. The highest BCUT2D eigenvalue weighted by Crippen LogP contribution is 2.12. The molecule has 1 atom stereocenters. The number of ether oxygens (including phenoxy) is 1. The third-order valence-corrected chi connectivity index (χ3v) is 3.13. The van der Waals surface area contributed by atoms with Crippen molar-refractivity contribution in [1.82, 2.24) is 0 Å². The lowest BCUT2D eigenvalue weighted by Crippen LogP contribution is -2.29. The highest BCUT2D eigenvalue weighted by molar-refractivity contribution is 5.99. The number of hydrogen-bond acceptors (Lipinski definition) is 5. The number of hydrogen-bond donors (Lipinski definition) is 1. The van der Waals surface area contributed by atoms with Crippen molar-refractivity contribution in [2.75, 3.05) is 5.32 Å². The minimum absolute atomic E-state index is 0.103. The number of carbonyl (C=O) groups excluding carboxylic acids is 3. The zero-order valence-electron chi connectivity index (χ0n) is 13.3. The van der Waals surface area contributed by atoms with Gasteiger partial charge in [0.05, 0.1) is 6.26 Å². The van der Waals surface area contributed by atoms with Gasteiger partial charge in [-0.25, -0.2) is 4.79 Å². The molecule has 24 heavy (non-hydrogen) atoms. The number of Topliss-reactive ketones (excluding diaryl/α,β-unsaturated/α-hetero) is 1. The van der Waals surface area contributed by atoms with Crippen molar-refractivity contribution < 1.29 is 23.5 Å². The summed E-state index contributed by atoms with van der Waals surface area (Å²) in [6, 6.07) is 9.90. The number of benzene rings is 1. The summed E-state index contributed by atoms with van der Waals surface area (Å²) in [5.41, 5.74) is 0.945. The monoisotopic (exact) mass is 327 g/mol. The normalized spacial score (nSPS) is 11.9. The molecule has 0 spiro atoms. The Morgan fingerprint density at radius 1 is 1.21 bits per heavy atom. The Labute approximate surface area is 139 Å². The largest absolute Gasteiger partial charge is 0.465 e. The van der Waals surface area contributed by atoms with Gasteiger partial charge in [-0.3, -0.25) is 9.59 Å². The minimum atomic E-state index is -0.986. The van der Waals surface area contributed by atoms with Crippen LogP contribution in [-0.2, 0) is 14.3 Å². The van der Waals surface area contributed by atoms with Crippen LogP contribution in [0.5, 0.6) is 0 Å². The van der Waals surface area contributed by atoms with Crippen molar-refractivity contribution in [3.8, 4) is 0 Å². The van der Waals surface area contributed by atoms with Crippen molar-refractivity contribution in [1.29, 1.82) is 0 Å². The van der Waals surface area contributed by atoms with Crippen LogP contribution in [0.15, 0.2) is 53.2 Å². The van der Waals surface area contributed by atoms with E-state index >= 15 is 0 Å². The lowest BCUT2D eigenvalue weighted by molar-refractivity contribution is -0.148. The summed E-state index contributed by atoms with van der Waals surface area (Å²) in [4.78, 5) is 35.1. The molecule has 0 fully saturated rings. The molecule has 0 bridgehead atoms. The van der Waals surface area contributed by atoms with Crippen molar-refractivity contribution in [3.63, 3.8) is 0 Å². The molecule has 1 aromatic carbocycles. The van der Waals surface area contributed by atoms with Gasteiger partial charge < -0.3 is 14.5 Å². The van der Waals surface area contributed by atoms with Gasteiger partial charge in [-0.2, -0.15) is 0 Å². The first-order chi connectivity index (χ1) is 11.5. The van der Waals surface area contributed by atoms with E-state index in [1.165, 1.54) is 32.3 Å². The molecule has 2 rings (SSSR count). The molecular weight excluding hydrogens is 310 g/mol. The number of rotatable bonds is 6. The van der Waals surface area contributed by atoms with Crippen molar-refractivity contribution >= 4 is 29.4 Å². The van der Waals surface area contributed by atoms with E-state index in [0.29, 0.717) is 17.0 Å². The fraction of sp³-hybridized carbons (Fsp3) is 0.167. The van der Waals surface area contributed by atoms with Crippen LogP contribution < -0.4 is 5.32 Å². The fourth-order valence-electron chi connectivity index (χ4n) is 1.86. The standard InChI is InChI=1S/C18H17NO5/c1-12(20)14-5-3-6-15(11-14)19-18(22)13(2)24-17(21)9-8-16-7-4-10-23-16/h3-11,13H,1-2H3,(H,19,22)/b9-8+/t13-/m1/s1. The minimum Gasteiger partial charge on any atom is -0.465 e. The summed E-state index contributed by atoms with van der Waals surface area (Å²) >= 11 is 0. The summed E-state index contributed by atoms with van der Waals surface area (Å²) in [7, 11) is 0. The van der Waals surface area contributed by atoms with E-state index < -0.39 is 18.0 Å². The van der Waals surface area contributed by atoms with Crippen molar-refractivity contribution in [3.05, 3.63) is 60.1 Å². The lowest BCUT2D eigenvalue weighted by atomic mass is 10.1. The van der Waals surface area contributed by atoms with Gasteiger partial charge in [-0.15, -0.1) is 0 Å². The van der Waals surface area contributed by atoms with Gasteiger partial charge in [-0.05, 0) is 44.2 Å². The van der Waals surface area contributed by atoms with E-state index in [-0.39, 0.29) is 5.78 Å². The van der Waals surface area contributed by atoms with E-state index in [4.69, 9.17) is 9.15 Å². The smallest absolute Gasteiger partial charge is 0.331 e. The van der Waals surface area contributed by atoms with Crippen LogP contribution in [0, 0.1) is 0 Å². The Morgan fingerprint density at radius 3 is 2.67 bits per heavy atom. The number of furan rings is 1. The van der Waals surface area contributed by atoms with Crippen LogP contribution in [0.4, 0.5) is 5.69 Å². The topological polar surface area (TPSA) is 85.6 Å². The van der Waals surface area contributed by atoms with Crippen LogP contribution in [0.1, 0.15) is 30.0 Å². The van der Waals surface area contributed by atoms with Gasteiger partial charge in [-0.1, -0.05) is 12.1 Å². The van der Waals surface area contributed by atoms with E-state index in [9.17, 15) is 14.4 Å². The first-order valence-electron chi connectivity index (χ1n) is 7.30. The Morgan fingerprint density at radius 2 is 2.00 bits per heavy atom. The van der Waals surface area contributed by atoms with E-state index in [1.807, 2.05) is 0 Å². The fourth-order valence-corrected chi connectivity index (χ4v) is 1.86. The Kier molecular flexibility index (Phi) is 5.68. The number of carbonyl (C=O) groups is 3. The van der Waals surface area contributed by atoms with E-state index in [2.05, 4.69) is 5.32 Å². The first kappa shape index (κ1) is 17.2. The molecular formula is C18H17NO5. The molecule has 1 N–H and O–H groups in total. The Hall–Kier alpha value is -3.15. The van der Waals surface area contributed by atoms with Crippen LogP contribution >= 0.6 is 0 Å². The van der Waals surface area contributed by atoms with Crippen LogP contribution in [-0.4, -0.2) is 23.8 Å². The van der Waals surface area contributed by atoms with Gasteiger partial charge in [0.25, 0.3) is 5.91 Å². The molecule has 0 saturated heterocycles. The number of ketones is 1. The van der Waals surface area contributed by atoms with Crippen LogP contribution in [0.3, 0.4) is 0 Å². The maximum atomic E-state index is 12.0. The number of nitrogens with one attached hydrogen (secondary N) is 1. The zero-order chi connectivity index (χ0) is 17.5. The number of anilines is 1. The maximum Gasteiger partial charge on any atom is 0.331 e. The molecule has 0 aliphatic rings. The molecule has 0 radical (unpaired) electrons. The molecule has 0 aliphatic heterocycles. The van der Waals surface area contributed by atoms with Gasteiger partial charge >= 0.3 is 5.97 Å². The maximum absolute atomic E-state index is 12.0. The molecule has 124 valence electrons. The molecule has 1 heterocycles. The second-order valence-corrected chi connectivity index (χ2v) is 5.05. The SMILES string of the molecule is CC(=O)c1cccc(NC(=O)[C@@H](C)OC(=O)/C=C/c2ccco2)c1. The average Bonchev–Trinajstić information content (AvgIpc) is 3.06. The molecule has 1 aromatic heterocycles. The van der Waals surface area contributed by atoms with E-state index in [0.717, 1.165) is 0 Å². The third kappa shape index (κ3) is 4.95. The van der Waals surface area contributed by atoms with Crippen molar-refractivity contribution in [2.24, 2.45) is 0 Å². The van der Waals surface area contributed by atoms with Gasteiger partial charge in [0.15, 0.2) is 11.9 Å². The molecule has 0 saturated carbocycles. The lowest BCUT2D eigenvalue weighted by Gasteiger charge is -2.12. The highest BCUT2D eigenvalue weighted by atomic mass is 16.5. The second kappa shape index (κ2) is 7.92. The zero-order valence-corrected chi connectivity index (χ0v) is 13.3. The second-order valence-electron chi connectivity index (χ2n) is 5.05. The molecule has 0 aliphatic carbocycles. The van der Waals surface area contributed by atoms with Gasteiger partial charge in [0.2, 0.25) is 0 Å². The molecule has 6 heteroatoms. The number of esters is 1. The first-order valence-corrected chi connectivity index (χ1v) is 7.30. The van der Waals surface area contributed by atoms with Crippen LogP contribution in [0.25, 0.3) is 6.08 Å². The molecule has 6 nitrogen and oxygen atoms in total. The van der Waals surface area contributed by atoms with Crippen molar-refractivity contribution in [2.45, 2.75) is 20.0 Å². The summed E-state index contributed by atoms with van der Waals surface area (Å²) < 4.78 is 10.1. The molecule has 2 aromatic rings. The third-order valence-electron chi connectivity index (χ3n) is 3.13. The Bertz CT molecular complexity index is 761. The quantitative estimate of drug-likeness (QED) is 0.500. The predicted molar refractivity (Wildman–Crippen MR) is 88.4 cm³/mol. The van der Waals surface area contributed by atoms with Gasteiger partial charge in [0.1, 0.15) is 5.76 Å². The predicted octanol–water partition coefficient (Wildman–Crippen LogP) is 3.07. The Balaban J connectivity index is 1.91. The van der Waals surface area contributed by atoms with Crippen LogP contribution in [0.2, 0.25) is 0 Å². The molecule has 1 amide bonds. The number of amides is 1. The average molecular weight is 327 g/mol. The highest BCUT2D eigenvalue weighted by Gasteiger charge is 2.17. The summed E-state index contributed by atoms with van der Waals surface area (Å²) in [6.07, 6.45) is 3.12. The summed E-state index contributed by atoms with van der Waals surface area (Å²) in [6.45, 7) is 2.90. The summed E-state index contributed by atoms with van der Waals surface area (Å²) in [5, 5.41) is 2.60. The van der Waals surface area contributed by atoms with E-state index in [1.54, 1.807) is 36.4 Å².